The van der Waals surface area contributed by atoms with Gasteiger partial charge in [0.15, 0.2) is 0 Å². The summed E-state index contributed by atoms with van der Waals surface area (Å²) in [6.07, 6.45) is 6.91. The lowest BCUT2D eigenvalue weighted by atomic mass is 10.0. The van der Waals surface area contributed by atoms with Crippen molar-refractivity contribution in [3.63, 3.8) is 0 Å². The molecule has 23 heavy (non-hydrogen) atoms. The van der Waals surface area contributed by atoms with Gasteiger partial charge in [-0.05, 0) is 49.6 Å². The first-order chi connectivity index (χ1) is 11.2. The molecule has 1 atom stereocenters. The predicted molar refractivity (Wildman–Crippen MR) is 92.5 cm³/mol. The quantitative estimate of drug-likeness (QED) is 0.843. The molecule has 0 bridgehead atoms. The highest BCUT2D eigenvalue weighted by Crippen LogP contribution is 2.26. The van der Waals surface area contributed by atoms with E-state index in [2.05, 4.69) is 29.1 Å². The maximum absolute atomic E-state index is 12.5. The van der Waals surface area contributed by atoms with Gasteiger partial charge in [-0.25, -0.2) is 0 Å². The molecule has 0 fully saturated rings. The van der Waals surface area contributed by atoms with Crippen LogP contribution in [0.5, 0.6) is 0 Å². The van der Waals surface area contributed by atoms with Crippen LogP contribution >= 0.6 is 0 Å². The topological polar surface area (TPSA) is 45.6 Å². The highest BCUT2D eigenvalue weighted by atomic mass is 16.2. The van der Waals surface area contributed by atoms with Crippen LogP contribution in [0, 0.1) is 5.92 Å². The van der Waals surface area contributed by atoms with E-state index in [0.29, 0.717) is 0 Å². The van der Waals surface area contributed by atoms with Crippen molar-refractivity contribution >= 4 is 17.3 Å². The highest BCUT2D eigenvalue weighted by Gasteiger charge is 2.33. The van der Waals surface area contributed by atoms with E-state index in [9.17, 15) is 4.79 Å². The number of amides is 1. The molecule has 1 amide bonds. The van der Waals surface area contributed by atoms with E-state index in [1.165, 1.54) is 23.4 Å². The van der Waals surface area contributed by atoms with Crippen molar-refractivity contribution < 1.29 is 4.79 Å². The second-order valence-electron chi connectivity index (χ2n) is 5.87. The predicted octanol–water partition coefficient (Wildman–Crippen LogP) is 3.81. The average molecular weight is 307 g/mol. The zero-order valence-electron chi connectivity index (χ0n) is 13.6. The van der Waals surface area contributed by atoms with Crippen LogP contribution < -0.4 is 5.01 Å². The summed E-state index contributed by atoms with van der Waals surface area (Å²) in [6, 6.07) is 11.9. The van der Waals surface area contributed by atoms with Gasteiger partial charge in [-0.2, -0.15) is 10.1 Å². The van der Waals surface area contributed by atoms with E-state index in [-0.39, 0.29) is 11.8 Å². The Balaban J connectivity index is 1.85. The molecule has 0 N–H and O–H groups in total. The molecular formula is C19H21N3O. The van der Waals surface area contributed by atoms with Crippen LogP contribution in [0.25, 0.3) is 0 Å². The summed E-state index contributed by atoms with van der Waals surface area (Å²) >= 11 is 0. The summed E-state index contributed by atoms with van der Waals surface area (Å²) in [6.45, 7) is 4.08. The summed E-state index contributed by atoms with van der Waals surface area (Å²) in [5.74, 6) is -0.246. The summed E-state index contributed by atoms with van der Waals surface area (Å²) in [5.41, 5.74) is 3.79. The molecule has 0 radical (unpaired) electrons. The van der Waals surface area contributed by atoms with Gasteiger partial charge in [0.1, 0.15) is 0 Å². The number of pyridine rings is 1. The first kappa shape index (κ1) is 15.4. The Kier molecular flexibility index (Phi) is 4.51. The van der Waals surface area contributed by atoms with Crippen LogP contribution in [0.1, 0.15) is 37.8 Å². The van der Waals surface area contributed by atoms with E-state index >= 15 is 0 Å². The van der Waals surface area contributed by atoms with E-state index in [1.54, 1.807) is 12.4 Å². The molecule has 0 saturated carbocycles. The third-order valence-electron chi connectivity index (χ3n) is 4.15. The normalized spacial score (nSPS) is 17.5. The molecule has 1 unspecified atom stereocenters. The Labute approximate surface area is 136 Å². The van der Waals surface area contributed by atoms with Crippen LogP contribution in [-0.2, 0) is 11.2 Å². The minimum absolute atomic E-state index is 0.00478. The molecule has 2 heterocycles. The lowest BCUT2D eigenvalue weighted by molar-refractivity contribution is -0.119. The molecule has 118 valence electrons. The van der Waals surface area contributed by atoms with Crippen molar-refractivity contribution in [3.8, 4) is 0 Å². The summed E-state index contributed by atoms with van der Waals surface area (Å²) in [7, 11) is 0. The van der Waals surface area contributed by atoms with Crippen molar-refractivity contribution in [2.24, 2.45) is 11.0 Å². The Morgan fingerprint density at radius 3 is 2.61 bits per heavy atom. The van der Waals surface area contributed by atoms with Crippen LogP contribution in [0.4, 0.5) is 5.69 Å². The van der Waals surface area contributed by atoms with Crippen LogP contribution in [-0.4, -0.2) is 16.6 Å². The van der Waals surface area contributed by atoms with Gasteiger partial charge in [0.25, 0.3) is 5.91 Å². The van der Waals surface area contributed by atoms with Crippen LogP contribution in [0.15, 0.2) is 53.9 Å². The highest BCUT2D eigenvalue weighted by molar-refractivity contribution is 6.21. The van der Waals surface area contributed by atoms with Gasteiger partial charge in [-0.3, -0.25) is 9.78 Å². The number of rotatable bonds is 5. The fourth-order valence-corrected chi connectivity index (χ4v) is 2.74. The van der Waals surface area contributed by atoms with Gasteiger partial charge in [0.2, 0.25) is 0 Å². The molecule has 1 aromatic carbocycles. The number of aromatic nitrogens is 1. The average Bonchev–Trinajstić information content (AvgIpc) is 2.90. The lowest BCUT2D eigenvalue weighted by Gasteiger charge is -2.13. The zero-order valence-corrected chi connectivity index (χ0v) is 13.6. The fourth-order valence-electron chi connectivity index (χ4n) is 2.74. The van der Waals surface area contributed by atoms with Gasteiger partial charge >= 0.3 is 0 Å². The van der Waals surface area contributed by atoms with Crippen molar-refractivity contribution in [1.82, 2.24) is 4.98 Å². The number of anilines is 1. The third-order valence-corrected chi connectivity index (χ3v) is 4.15. The number of carbonyl (C=O) groups is 1. The van der Waals surface area contributed by atoms with Crippen molar-refractivity contribution in [2.75, 3.05) is 5.01 Å². The van der Waals surface area contributed by atoms with Crippen LogP contribution in [0.3, 0.4) is 0 Å². The molecule has 0 saturated heterocycles. The number of aryl methyl sites for hydroxylation is 1. The number of nitrogens with zero attached hydrogens (tertiary/aromatic N) is 3. The van der Waals surface area contributed by atoms with Crippen molar-refractivity contribution in [3.05, 3.63) is 59.9 Å². The van der Waals surface area contributed by atoms with Gasteiger partial charge in [-0.1, -0.05) is 25.5 Å². The Morgan fingerprint density at radius 2 is 1.96 bits per heavy atom. The first-order valence-corrected chi connectivity index (χ1v) is 8.12. The largest absolute Gasteiger partial charge is 0.272 e. The molecule has 4 heteroatoms. The number of benzene rings is 1. The second-order valence-corrected chi connectivity index (χ2v) is 5.87. The molecule has 0 aliphatic carbocycles. The lowest BCUT2D eigenvalue weighted by Crippen LogP contribution is -2.25. The minimum atomic E-state index is -0.251. The van der Waals surface area contributed by atoms with E-state index in [1.807, 2.05) is 31.2 Å². The van der Waals surface area contributed by atoms with E-state index in [0.717, 1.165) is 23.4 Å². The number of hydrogen-bond donors (Lipinski definition) is 0. The van der Waals surface area contributed by atoms with Gasteiger partial charge in [-0.15, -0.1) is 0 Å². The maximum Gasteiger partial charge on any atom is 0.256 e. The van der Waals surface area contributed by atoms with E-state index in [4.69, 9.17) is 0 Å². The number of hydrogen-bond acceptors (Lipinski definition) is 3. The molecule has 1 aliphatic rings. The smallest absolute Gasteiger partial charge is 0.256 e. The number of carbonyl (C=O) groups excluding carboxylic acids is 1. The molecule has 3 rings (SSSR count). The SMILES string of the molecule is CCCCc1ccc(N2N=C(c3cccnc3)C(C)C2=O)cc1. The number of unbranched alkanes of at least 4 members (excludes halogenated alkanes) is 1. The standard InChI is InChI=1S/C19H21N3O/c1-3-4-6-15-8-10-17(11-9-15)22-19(23)14(2)18(21-22)16-7-5-12-20-13-16/h5,7-14H,3-4,6H2,1-2H3. The van der Waals surface area contributed by atoms with Crippen molar-refractivity contribution in [1.29, 1.82) is 0 Å². The van der Waals surface area contributed by atoms with Crippen LogP contribution in [0.2, 0.25) is 0 Å². The molecule has 1 aromatic heterocycles. The summed E-state index contributed by atoms with van der Waals surface area (Å²) in [5, 5.41) is 6.05. The van der Waals surface area contributed by atoms with Gasteiger partial charge in [0.05, 0.1) is 17.3 Å². The van der Waals surface area contributed by atoms with Crippen molar-refractivity contribution in [2.45, 2.75) is 33.1 Å². The Hall–Kier alpha value is -2.49. The van der Waals surface area contributed by atoms with Gasteiger partial charge in [0, 0.05) is 18.0 Å². The fraction of sp³-hybridized carbons (Fsp3) is 0.316. The molecule has 2 aromatic rings. The van der Waals surface area contributed by atoms with Gasteiger partial charge < -0.3 is 0 Å². The molecule has 4 nitrogen and oxygen atoms in total. The molecular weight excluding hydrogens is 286 g/mol. The first-order valence-electron chi connectivity index (χ1n) is 8.12. The van der Waals surface area contributed by atoms with E-state index < -0.39 is 0 Å². The number of hydrazone groups is 1. The Bertz CT molecular complexity index is 707. The monoisotopic (exact) mass is 307 g/mol. The second kappa shape index (κ2) is 6.73. The maximum atomic E-state index is 12.5. The zero-order chi connectivity index (χ0) is 16.2. The third kappa shape index (κ3) is 3.16. The Morgan fingerprint density at radius 1 is 1.17 bits per heavy atom. The summed E-state index contributed by atoms with van der Waals surface area (Å²) < 4.78 is 0. The molecule has 1 aliphatic heterocycles. The minimum Gasteiger partial charge on any atom is -0.272 e. The molecule has 0 spiro atoms. The summed E-state index contributed by atoms with van der Waals surface area (Å²) in [4.78, 5) is 16.7.